The van der Waals surface area contributed by atoms with Gasteiger partial charge in [0.05, 0.1) is 6.61 Å². The van der Waals surface area contributed by atoms with Crippen molar-refractivity contribution in [3.8, 4) is 0 Å². The van der Waals surface area contributed by atoms with Gasteiger partial charge in [0.25, 0.3) is 5.56 Å². The van der Waals surface area contributed by atoms with Gasteiger partial charge in [0.1, 0.15) is 24.4 Å². The van der Waals surface area contributed by atoms with Crippen LogP contribution in [-0.2, 0) is 13.8 Å². The molecule has 1 aromatic rings. The van der Waals surface area contributed by atoms with Gasteiger partial charge in [-0.15, -0.1) is 0 Å². The summed E-state index contributed by atoms with van der Waals surface area (Å²) in [7, 11) is 0. The number of aromatic nitrogens is 1. The zero-order valence-corrected chi connectivity index (χ0v) is 13.3. The van der Waals surface area contributed by atoms with E-state index in [4.69, 9.17) is 31.7 Å². The molecule has 0 bridgehead atoms. The number of ether oxygens (including phenoxy) is 1. The summed E-state index contributed by atoms with van der Waals surface area (Å²) >= 11 is 10.5. The highest BCUT2D eigenvalue weighted by atomic mass is 35.9. The maximum Gasteiger partial charge on any atom is 0.380 e. The molecular formula is C11H14Cl2NO6P. The normalized spacial score (nSPS) is 29.8. The number of aromatic amines is 1. The lowest BCUT2D eigenvalue weighted by atomic mass is 10.0. The first-order valence-electron chi connectivity index (χ1n) is 6.04. The average molecular weight is 358 g/mol. The van der Waals surface area contributed by atoms with Crippen molar-refractivity contribution in [1.29, 1.82) is 0 Å². The summed E-state index contributed by atoms with van der Waals surface area (Å²) in [6.07, 6.45) is -6.63. The number of aliphatic hydroxyl groups excluding tert-OH is 2. The van der Waals surface area contributed by atoms with Gasteiger partial charge in [-0.05, 0) is 35.5 Å². The van der Waals surface area contributed by atoms with Crippen LogP contribution in [0.2, 0.25) is 0 Å². The van der Waals surface area contributed by atoms with Crippen LogP contribution in [0.4, 0.5) is 0 Å². The van der Waals surface area contributed by atoms with E-state index >= 15 is 0 Å². The molecule has 0 saturated carbocycles. The molecule has 0 radical (unpaired) electrons. The molecule has 2 heterocycles. The molecule has 1 saturated heterocycles. The second-order valence-electron chi connectivity index (χ2n) is 4.73. The Hall–Kier alpha value is -0.400. The molecule has 4 atom stereocenters. The van der Waals surface area contributed by atoms with Crippen molar-refractivity contribution in [2.45, 2.75) is 31.3 Å². The molecule has 3 N–H and O–H groups in total. The molecule has 1 aliphatic heterocycles. The Bertz CT molecular complexity index is 617. The predicted molar refractivity (Wildman–Crippen MR) is 76.7 cm³/mol. The van der Waals surface area contributed by atoms with E-state index in [1.807, 2.05) is 0 Å². The lowest BCUT2D eigenvalue weighted by Gasteiger charge is -2.15. The van der Waals surface area contributed by atoms with Crippen LogP contribution in [0.25, 0.3) is 0 Å². The lowest BCUT2D eigenvalue weighted by molar-refractivity contribution is -0.0153. The van der Waals surface area contributed by atoms with Gasteiger partial charge in [-0.3, -0.25) is 9.36 Å². The quantitative estimate of drug-likeness (QED) is 0.703. The number of hydrogen-bond donors (Lipinski definition) is 3. The standard InChI is InChI=1S/C11H14Cl2NO6P/c1-5-2-6(3-14-11(5)17)10-9(16)8(15)7(20-10)4-19-21(12,13)18/h2-3,7-10,15-16H,4H2,1H3,(H,14,17)/t7-,8+,9+,10+/m1/s1. The van der Waals surface area contributed by atoms with E-state index in [1.54, 1.807) is 13.0 Å². The third-order valence-corrected chi connectivity index (χ3v) is 4.23. The van der Waals surface area contributed by atoms with Crippen LogP contribution < -0.4 is 5.56 Å². The van der Waals surface area contributed by atoms with Crippen molar-refractivity contribution in [2.75, 3.05) is 6.61 Å². The van der Waals surface area contributed by atoms with Crippen molar-refractivity contribution < 1.29 is 24.0 Å². The third-order valence-electron chi connectivity index (χ3n) is 3.19. The Morgan fingerprint density at radius 2 is 2.10 bits per heavy atom. The summed E-state index contributed by atoms with van der Waals surface area (Å²) < 4.78 is 21.2. The summed E-state index contributed by atoms with van der Waals surface area (Å²) in [5.74, 6) is 0. The molecule has 0 aromatic carbocycles. The molecule has 118 valence electrons. The van der Waals surface area contributed by atoms with E-state index in [9.17, 15) is 19.6 Å². The first-order valence-corrected chi connectivity index (χ1v) is 9.47. The Balaban J connectivity index is 2.13. The fourth-order valence-electron chi connectivity index (χ4n) is 2.11. The minimum Gasteiger partial charge on any atom is -0.387 e. The molecule has 21 heavy (non-hydrogen) atoms. The van der Waals surface area contributed by atoms with E-state index in [0.717, 1.165) is 0 Å². The highest BCUT2D eigenvalue weighted by molar-refractivity contribution is 8.05. The Morgan fingerprint density at radius 3 is 2.67 bits per heavy atom. The van der Waals surface area contributed by atoms with Gasteiger partial charge in [0.2, 0.25) is 0 Å². The fraction of sp³-hybridized carbons (Fsp3) is 0.545. The minimum absolute atomic E-state index is 0.253. The summed E-state index contributed by atoms with van der Waals surface area (Å²) in [4.78, 5) is 13.8. The van der Waals surface area contributed by atoms with Crippen LogP contribution in [-0.4, -0.2) is 40.1 Å². The van der Waals surface area contributed by atoms with Crippen molar-refractivity contribution >= 4 is 28.6 Å². The van der Waals surface area contributed by atoms with Crippen LogP contribution >= 0.6 is 28.6 Å². The number of H-pyrrole nitrogens is 1. The van der Waals surface area contributed by atoms with Crippen LogP contribution in [0.5, 0.6) is 0 Å². The molecule has 10 heteroatoms. The van der Waals surface area contributed by atoms with E-state index in [0.29, 0.717) is 11.1 Å². The molecule has 0 spiro atoms. The van der Waals surface area contributed by atoms with E-state index in [1.165, 1.54) is 6.20 Å². The van der Waals surface area contributed by atoms with Gasteiger partial charge < -0.3 is 24.5 Å². The molecule has 0 amide bonds. The second-order valence-corrected chi connectivity index (χ2v) is 9.01. The van der Waals surface area contributed by atoms with E-state index < -0.39 is 30.5 Å². The van der Waals surface area contributed by atoms with Gasteiger partial charge in [-0.25, -0.2) is 0 Å². The van der Waals surface area contributed by atoms with Crippen LogP contribution in [0, 0.1) is 6.92 Å². The highest BCUT2D eigenvalue weighted by Gasteiger charge is 2.44. The number of pyridine rings is 1. The van der Waals surface area contributed by atoms with Crippen LogP contribution in [0.15, 0.2) is 17.1 Å². The molecule has 1 fully saturated rings. The zero-order chi connectivity index (χ0) is 15.8. The molecule has 2 rings (SSSR count). The average Bonchev–Trinajstić information content (AvgIpc) is 2.67. The maximum atomic E-state index is 11.3. The molecule has 1 aliphatic rings. The van der Waals surface area contributed by atoms with Crippen molar-refractivity contribution in [3.63, 3.8) is 0 Å². The number of hydrogen-bond acceptors (Lipinski definition) is 6. The SMILES string of the molecule is Cc1cc([C@@H]2O[C@H](COP(=O)(Cl)Cl)[C@H](O)[C@@H]2O)c[nH]c1=O. The summed E-state index contributed by atoms with van der Waals surface area (Å²) in [6.45, 7) is 1.28. The topological polar surface area (TPSA) is 109 Å². The predicted octanol–water partition coefficient (Wildman–Crippen LogP) is 1.45. The first-order chi connectivity index (χ1) is 9.69. The van der Waals surface area contributed by atoms with Gasteiger partial charge in [-0.2, -0.15) is 0 Å². The summed E-state index contributed by atoms with van der Waals surface area (Å²) in [6, 6.07) is 1.55. The Morgan fingerprint density at radius 1 is 1.43 bits per heavy atom. The maximum absolute atomic E-state index is 11.3. The van der Waals surface area contributed by atoms with Gasteiger partial charge in [0.15, 0.2) is 0 Å². The Labute approximate surface area is 129 Å². The number of nitrogens with one attached hydrogen (secondary N) is 1. The van der Waals surface area contributed by atoms with E-state index in [-0.39, 0.29) is 12.2 Å². The number of rotatable bonds is 4. The molecule has 0 aliphatic carbocycles. The largest absolute Gasteiger partial charge is 0.387 e. The summed E-state index contributed by atoms with van der Waals surface area (Å²) in [5.41, 5.74) is 0.696. The van der Waals surface area contributed by atoms with Gasteiger partial charge in [0, 0.05) is 17.3 Å². The minimum atomic E-state index is -3.75. The fourth-order valence-corrected chi connectivity index (χ4v) is 2.76. The molecular weight excluding hydrogens is 344 g/mol. The lowest BCUT2D eigenvalue weighted by Crippen LogP contribution is -2.32. The number of aliphatic hydroxyl groups is 2. The van der Waals surface area contributed by atoms with Crippen molar-refractivity contribution in [1.82, 2.24) is 4.98 Å². The number of halogens is 2. The number of aryl methyl sites for hydroxylation is 1. The van der Waals surface area contributed by atoms with Crippen molar-refractivity contribution in [2.24, 2.45) is 0 Å². The Kier molecular flexibility index (Phi) is 5.15. The van der Waals surface area contributed by atoms with Gasteiger partial charge in [-0.1, -0.05) is 0 Å². The molecule has 0 unspecified atom stereocenters. The van der Waals surface area contributed by atoms with E-state index in [2.05, 4.69) is 4.98 Å². The molecule has 7 nitrogen and oxygen atoms in total. The van der Waals surface area contributed by atoms with Crippen LogP contribution in [0.1, 0.15) is 17.2 Å². The third kappa shape index (κ3) is 4.07. The first kappa shape index (κ1) is 17.0. The monoisotopic (exact) mass is 357 g/mol. The van der Waals surface area contributed by atoms with Gasteiger partial charge >= 0.3 is 6.07 Å². The summed E-state index contributed by atoms with van der Waals surface area (Å²) in [5, 5.41) is 19.9. The smallest absolute Gasteiger partial charge is 0.380 e. The zero-order valence-electron chi connectivity index (χ0n) is 10.9. The van der Waals surface area contributed by atoms with Crippen LogP contribution in [0.3, 0.4) is 0 Å². The van der Waals surface area contributed by atoms with Crippen molar-refractivity contribution in [3.05, 3.63) is 33.7 Å². The highest BCUT2D eigenvalue weighted by Crippen LogP contribution is 2.57. The molecule has 1 aromatic heterocycles. The second kappa shape index (κ2) is 6.38.